The van der Waals surface area contributed by atoms with Crippen molar-refractivity contribution in [2.45, 2.75) is 83.0 Å². The summed E-state index contributed by atoms with van der Waals surface area (Å²) in [5.74, 6) is 0.926. The van der Waals surface area contributed by atoms with Crippen LogP contribution in [0.3, 0.4) is 0 Å². The van der Waals surface area contributed by atoms with Crippen molar-refractivity contribution in [3.8, 4) is 0 Å². The lowest BCUT2D eigenvalue weighted by molar-refractivity contribution is -0.128. The fourth-order valence-corrected chi connectivity index (χ4v) is 3.55. The number of hydrogen-bond donors (Lipinski definition) is 1. The molecule has 0 spiro atoms. The van der Waals surface area contributed by atoms with Gasteiger partial charge in [-0.2, -0.15) is 0 Å². The predicted molar refractivity (Wildman–Crippen MR) is 83.0 cm³/mol. The van der Waals surface area contributed by atoms with Crippen molar-refractivity contribution in [1.29, 1.82) is 0 Å². The maximum absolute atomic E-state index is 6.44. The first kappa shape index (κ1) is 16.3. The van der Waals surface area contributed by atoms with E-state index in [1.165, 1.54) is 51.4 Å². The molecule has 0 saturated heterocycles. The Balaban J connectivity index is 1.86. The summed E-state index contributed by atoms with van der Waals surface area (Å²) in [6.07, 6.45) is 10.7. The van der Waals surface area contributed by atoms with Gasteiger partial charge in [0.15, 0.2) is 0 Å². The molecule has 0 aromatic heterocycles. The minimum absolute atomic E-state index is 0.0603. The highest BCUT2D eigenvalue weighted by Crippen LogP contribution is 2.38. The van der Waals surface area contributed by atoms with Gasteiger partial charge in [0, 0.05) is 19.7 Å². The third kappa shape index (κ3) is 5.01. The van der Waals surface area contributed by atoms with Crippen LogP contribution in [0.25, 0.3) is 0 Å². The Labute approximate surface area is 124 Å². The van der Waals surface area contributed by atoms with Crippen molar-refractivity contribution in [2.24, 2.45) is 5.92 Å². The van der Waals surface area contributed by atoms with Crippen LogP contribution in [0.5, 0.6) is 0 Å². The van der Waals surface area contributed by atoms with Crippen LogP contribution in [-0.2, 0) is 9.47 Å². The Kier molecular flexibility index (Phi) is 6.31. The van der Waals surface area contributed by atoms with E-state index in [0.29, 0.717) is 6.61 Å². The predicted octanol–water partition coefficient (Wildman–Crippen LogP) is 3.52. The smallest absolute Gasteiger partial charge is 0.0811 e. The second kappa shape index (κ2) is 7.77. The Morgan fingerprint density at radius 2 is 1.90 bits per heavy atom. The Hall–Kier alpha value is -0.120. The van der Waals surface area contributed by atoms with E-state index in [1.807, 2.05) is 0 Å². The zero-order chi connectivity index (χ0) is 14.4. The van der Waals surface area contributed by atoms with Gasteiger partial charge in [-0.05, 0) is 51.4 Å². The van der Waals surface area contributed by atoms with Gasteiger partial charge in [-0.1, -0.05) is 19.8 Å². The minimum atomic E-state index is 0.0603. The summed E-state index contributed by atoms with van der Waals surface area (Å²) in [4.78, 5) is 0. The Morgan fingerprint density at radius 1 is 1.20 bits per heavy atom. The van der Waals surface area contributed by atoms with Crippen molar-refractivity contribution in [2.75, 3.05) is 20.3 Å². The molecule has 0 bridgehead atoms. The molecule has 2 rings (SSSR count). The second-order valence-electron chi connectivity index (χ2n) is 6.95. The number of rotatable bonds is 9. The first-order valence-corrected chi connectivity index (χ1v) is 8.57. The van der Waals surface area contributed by atoms with Crippen molar-refractivity contribution in [3.63, 3.8) is 0 Å². The molecule has 0 amide bonds. The Morgan fingerprint density at radius 3 is 2.45 bits per heavy atom. The molecule has 20 heavy (non-hydrogen) atoms. The van der Waals surface area contributed by atoms with E-state index >= 15 is 0 Å². The van der Waals surface area contributed by atoms with Gasteiger partial charge < -0.3 is 14.8 Å². The van der Waals surface area contributed by atoms with Gasteiger partial charge in [-0.15, -0.1) is 0 Å². The average molecular weight is 283 g/mol. The van der Waals surface area contributed by atoms with Crippen LogP contribution >= 0.6 is 0 Å². The number of methoxy groups -OCH3 is 1. The average Bonchev–Trinajstić information content (AvgIpc) is 3.24. The molecule has 2 aliphatic carbocycles. The van der Waals surface area contributed by atoms with Crippen LogP contribution in [0.15, 0.2) is 0 Å². The van der Waals surface area contributed by atoms with E-state index in [0.717, 1.165) is 18.5 Å². The van der Waals surface area contributed by atoms with E-state index in [-0.39, 0.29) is 11.7 Å². The largest absolute Gasteiger partial charge is 0.382 e. The summed E-state index contributed by atoms with van der Waals surface area (Å²) in [7, 11) is 1.76. The van der Waals surface area contributed by atoms with Crippen molar-refractivity contribution < 1.29 is 9.47 Å². The Bertz CT molecular complexity index is 270. The van der Waals surface area contributed by atoms with E-state index in [9.17, 15) is 0 Å². The SMILES string of the molecule is CCCC1CCC(CNC2CC2)(OC(C)COC)CC1. The highest BCUT2D eigenvalue weighted by Gasteiger charge is 2.38. The minimum Gasteiger partial charge on any atom is -0.382 e. The van der Waals surface area contributed by atoms with Gasteiger partial charge in [0.05, 0.1) is 18.3 Å². The van der Waals surface area contributed by atoms with E-state index < -0.39 is 0 Å². The quantitative estimate of drug-likeness (QED) is 0.702. The van der Waals surface area contributed by atoms with Crippen LogP contribution in [-0.4, -0.2) is 38.0 Å². The first-order valence-electron chi connectivity index (χ1n) is 8.57. The van der Waals surface area contributed by atoms with Gasteiger partial charge in [0.1, 0.15) is 0 Å². The van der Waals surface area contributed by atoms with E-state index in [1.54, 1.807) is 7.11 Å². The summed E-state index contributed by atoms with van der Waals surface area (Å²) in [5, 5.41) is 3.70. The molecule has 118 valence electrons. The van der Waals surface area contributed by atoms with Crippen molar-refractivity contribution in [3.05, 3.63) is 0 Å². The third-order valence-electron chi connectivity index (χ3n) is 4.86. The molecule has 0 heterocycles. The standard InChI is InChI=1S/C17H33NO2/c1-4-5-15-8-10-17(11-9-15,13-18-16-6-7-16)20-14(2)12-19-3/h14-16,18H,4-13H2,1-3H3. The molecule has 1 N–H and O–H groups in total. The molecule has 0 radical (unpaired) electrons. The van der Waals surface area contributed by atoms with Crippen molar-refractivity contribution in [1.82, 2.24) is 5.32 Å². The molecular formula is C17H33NO2. The maximum Gasteiger partial charge on any atom is 0.0811 e. The number of ether oxygens (including phenoxy) is 2. The van der Waals surface area contributed by atoms with Crippen LogP contribution in [0, 0.1) is 5.92 Å². The molecule has 0 aliphatic heterocycles. The van der Waals surface area contributed by atoms with Crippen LogP contribution < -0.4 is 5.32 Å². The number of hydrogen-bond acceptors (Lipinski definition) is 3. The molecular weight excluding hydrogens is 250 g/mol. The highest BCUT2D eigenvalue weighted by molar-refractivity contribution is 4.93. The summed E-state index contributed by atoms with van der Waals surface area (Å²) in [6, 6.07) is 0.765. The molecule has 2 saturated carbocycles. The molecule has 2 fully saturated rings. The lowest BCUT2D eigenvalue weighted by Gasteiger charge is -2.42. The highest BCUT2D eigenvalue weighted by atomic mass is 16.5. The molecule has 3 heteroatoms. The lowest BCUT2D eigenvalue weighted by atomic mass is 9.77. The first-order chi connectivity index (χ1) is 9.67. The maximum atomic E-state index is 6.44. The summed E-state index contributed by atoms with van der Waals surface area (Å²) < 4.78 is 11.7. The van der Waals surface area contributed by atoms with E-state index in [4.69, 9.17) is 9.47 Å². The molecule has 1 unspecified atom stereocenters. The van der Waals surface area contributed by atoms with Gasteiger partial charge in [0.2, 0.25) is 0 Å². The van der Waals surface area contributed by atoms with Gasteiger partial charge in [0.25, 0.3) is 0 Å². The van der Waals surface area contributed by atoms with Crippen LogP contribution in [0.4, 0.5) is 0 Å². The van der Waals surface area contributed by atoms with Gasteiger partial charge in [-0.25, -0.2) is 0 Å². The fraction of sp³-hybridized carbons (Fsp3) is 1.00. The van der Waals surface area contributed by atoms with Gasteiger partial charge >= 0.3 is 0 Å². The van der Waals surface area contributed by atoms with Crippen LogP contribution in [0.2, 0.25) is 0 Å². The fourth-order valence-electron chi connectivity index (χ4n) is 3.55. The van der Waals surface area contributed by atoms with Crippen LogP contribution in [0.1, 0.15) is 65.2 Å². The zero-order valence-corrected chi connectivity index (χ0v) is 13.6. The molecule has 1 atom stereocenters. The topological polar surface area (TPSA) is 30.5 Å². The second-order valence-corrected chi connectivity index (χ2v) is 6.95. The molecule has 2 aliphatic rings. The summed E-state index contributed by atoms with van der Waals surface area (Å²) >= 11 is 0. The summed E-state index contributed by atoms with van der Waals surface area (Å²) in [5.41, 5.74) is 0.0603. The monoisotopic (exact) mass is 283 g/mol. The van der Waals surface area contributed by atoms with Crippen molar-refractivity contribution >= 4 is 0 Å². The molecule has 0 aromatic rings. The molecule has 0 aromatic carbocycles. The normalized spacial score (nSPS) is 32.2. The molecule has 3 nitrogen and oxygen atoms in total. The third-order valence-corrected chi connectivity index (χ3v) is 4.86. The van der Waals surface area contributed by atoms with Gasteiger partial charge in [-0.3, -0.25) is 0 Å². The van der Waals surface area contributed by atoms with E-state index in [2.05, 4.69) is 19.2 Å². The number of nitrogens with one attached hydrogen (secondary N) is 1. The zero-order valence-electron chi connectivity index (χ0n) is 13.6. The summed E-state index contributed by atoms with van der Waals surface area (Å²) in [6.45, 7) is 6.17. The lowest BCUT2D eigenvalue weighted by Crippen LogP contribution is -2.48.